The molecule has 2 heterocycles. The fourth-order valence-corrected chi connectivity index (χ4v) is 9.07. The third-order valence-electron chi connectivity index (χ3n) is 7.35. The van der Waals surface area contributed by atoms with E-state index in [4.69, 9.17) is 16.3 Å². The maximum absolute atomic E-state index is 12.3. The number of benzene rings is 2. The lowest BCUT2D eigenvalue weighted by atomic mass is 9.74. The van der Waals surface area contributed by atoms with Crippen LogP contribution in [0.15, 0.2) is 52.3 Å². The molecule has 1 aliphatic heterocycles. The predicted octanol–water partition coefficient (Wildman–Crippen LogP) is 6.23. The molecule has 33 heavy (non-hydrogen) atoms. The van der Waals surface area contributed by atoms with Gasteiger partial charge in [0.05, 0.1) is 9.95 Å². The number of nitro groups is 1. The van der Waals surface area contributed by atoms with Gasteiger partial charge in [0, 0.05) is 44.3 Å². The highest BCUT2D eigenvalue weighted by Crippen LogP contribution is 2.64. The molecule has 6 nitrogen and oxygen atoms in total. The first-order valence-electron chi connectivity index (χ1n) is 11.0. The van der Waals surface area contributed by atoms with Crippen LogP contribution in [0, 0.1) is 27.9 Å². The Labute approximate surface area is 203 Å². The van der Waals surface area contributed by atoms with Crippen LogP contribution in [-0.4, -0.2) is 15.2 Å². The van der Waals surface area contributed by atoms with E-state index in [-0.39, 0.29) is 28.0 Å². The number of H-pyrrole nitrogens is 1. The third kappa shape index (κ3) is 3.59. The maximum atomic E-state index is 12.3. The number of aromatic amines is 1. The van der Waals surface area contributed by atoms with Crippen LogP contribution in [0.5, 0.6) is 5.75 Å². The molecule has 0 amide bonds. The van der Waals surface area contributed by atoms with Gasteiger partial charge in [0.1, 0.15) is 12.4 Å². The first kappa shape index (κ1) is 21.3. The summed E-state index contributed by atoms with van der Waals surface area (Å²) in [5.41, 5.74) is 1.69. The molecule has 0 saturated heterocycles. The van der Waals surface area contributed by atoms with Gasteiger partial charge in [0.2, 0.25) is 0 Å². The van der Waals surface area contributed by atoms with Crippen molar-refractivity contribution in [1.29, 1.82) is 0 Å². The Balaban J connectivity index is 1.46. The molecular weight excluding hydrogens is 480 g/mol. The van der Waals surface area contributed by atoms with E-state index in [9.17, 15) is 14.9 Å². The van der Waals surface area contributed by atoms with E-state index in [1.54, 1.807) is 23.9 Å². The Morgan fingerprint density at radius 1 is 1.18 bits per heavy atom. The van der Waals surface area contributed by atoms with Gasteiger partial charge >= 0.3 is 4.87 Å². The number of aromatic nitrogens is 1. The number of thioether (sulfide) groups is 1. The van der Waals surface area contributed by atoms with Crippen molar-refractivity contribution in [2.75, 3.05) is 0 Å². The van der Waals surface area contributed by atoms with Gasteiger partial charge in [-0.25, -0.2) is 0 Å². The Morgan fingerprint density at radius 3 is 2.82 bits per heavy atom. The number of hydrogen-bond donors (Lipinski definition) is 1. The number of thiazole rings is 1. The van der Waals surface area contributed by atoms with Crippen LogP contribution in [0.25, 0.3) is 0 Å². The molecule has 2 aliphatic carbocycles. The second-order valence-corrected chi connectivity index (χ2v) is 11.6. The topological polar surface area (TPSA) is 85.2 Å². The van der Waals surface area contributed by atoms with Crippen molar-refractivity contribution in [1.82, 2.24) is 4.98 Å². The highest BCUT2D eigenvalue weighted by atomic mass is 35.5. The Hall–Kier alpha value is -2.29. The van der Waals surface area contributed by atoms with Crippen LogP contribution in [0.1, 0.15) is 41.2 Å². The number of hydrogen-bond acceptors (Lipinski definition) is 6. The Kier molecular flexibility index (Phi) is 5.27. The standard InChI is InChI=1S/C24H21ClN2O4S2/c25-17-4-2-1-3-14(17)11-31-18-8-7-15(27(29)30)10-16(18)20-19-12-5-6-13(9-12)21(19)32-23-22(20)33-24(28)26-23/h1-4,7-8,10,12-13,19-21H,5-6,9,11H2,(H,26,28)/t12-,13-,19-,20+,21+/m0/s1. The quantitative estimate of drug-likeness (QED) is 0.331. The molecule has 1 aromatic heterocycles. The summed E-state index contributed by atoms with van der Waals surface area (Å²) < 4.78 is 6.24. The van der Waals surface area contributed by atoms with Crippen molar-refractivity contribution in [2.24, 2.45) is 17.8 Å². The van der Waals surface area contributed by atoms with Gasteiger partial charge in [-0.3, -0.25) is 14.9 Å². The molecule has 2 fully saturated rings. The molecule has 6 rings (SSSR count). The van der Waals surface area contributed by atoms with E-state index in [1.807, 2.05) is 24.3 Å². The molecular formula is C24H21ClN2O4S2. The summed E-state index contributed by atoms with van der Waals surface area (Å²) in [5.74, 6) is 2.07. The Morgan fingerprint density at radius 2 is 2.00 bits per heavy atom. The number of non-ortho nitro benzene ring substituents is 1. The number of nitro benzene ring substituents is 1. The molecule has 3 aliphatic rings. The molecule has 5 atom stereocenters. The van der Waals surface area contributed by atoms with Crippen LogP contribution in [0.3, 0.4) is 0 Å². The van der Waals surface area contributed by atoms with Crippen molar-refractivity contribution >= 4 is 40.4 Å². The minimum absolute atomic E-state index is 0.0393. The maximum Gasteiger partial charge on any atom is 0.305 e. The molecule has 0 unspecified atom stereocenters. The van der Waals surface area contributed by atoms with E-state index >= 15 is 0 Å². The zero-order valence-electron chi connectivity index (χ0n) is 17.5. The number of fused-ring (bicyclic) bond motifs is 6. The average molecular weight is 501 g/mol. The molecule has 1 N–H and O–H groups in total. The summed E-state index contributed by atoms with van der Waals surface area (Å²) in [6.07, 6.45) is 3.60. The summed E-state index contributed by atoms with van der Waals surface area (Å²) >= 11 is 9.35. The second-order valence-electron chi connectivity index (χ2n) is 9.04. The van der Waals surface area contributed by atoms with Gasteiger partial charge in [0.15, 0.2) is 0 Å². The van der Waals surface area contributed by atoms with Crippen LogP contribution >= 0.6 is 34.7 Å². The Bertz CT molecular complexity index is 1310. The molecule has 2 aromatic carbocycles. The van der Waals surface area contributed by atoms with E-state index in [1.165, 1.54) is 36.7 Å². The first-order chi connectivity index (χ1) is 16.0. The van der Waals surface area contributed by atoms with Gasteiger partial charge < -0.3 is 9.72 Å². The van der Waals surface area contributed by atoms with Crippen LogP contribution in [0.2, 0.25) is 5.02 Å². The lowest BCUT2D eigenvalue weighted by Crippen LogP contribution is -2.33. The summed E-state index contributed by atoms with van der Waals surface area (Å²) in [5, 5.41) is 13.6. The molecule has 0 radical (unpaired) electrons. The fraction of sp³-hybridized carbons (Fsp3) is 0.375. The zero-order valence-corrected chi connectivity index (χ0v) is 19.9. The minimum Gasteiger partial charge on any atom is -0.489 e. The van der Waals surface area contributed by atoms with E-state index in [0.29, 0.717) is 33.8 Å². The normalized spacial score (nSPS) is 27.2. The van der Waals surface area contributed by atoms with Crippen LogP contribution in [0.4, 0.5) is 5.69 Å². The van der Waals surface area contributed by atoms with Gasteiger partial charge in [-0.1, -0.05) is 41.1 Å². The van der Waals surface area contributed by atoms with Gasteiger partial charge in [-0.05, 0) is 49.1 Å². The molecule has 2 saturated carbocycles. The van der Waals surface area contributed by atoms with E-state index in [2.05, 4.69) is 4.98 Å². The van der Waals surface area contributed by atoms with Crippen LogP contribution < -0.4 is 9.61 Å². The number of halogens is 1. The smallest absolute Gasteiger partial charge is 0.305 e. The van der Waals surface area contributed by atoms with Crippen molar-refractivity contribution in [2.45, 2.75) is 42.1 Å². The summed E-state index contributed by atoms with van der Waals surface area (Å²) in [4.78, 5) is 27.6. The number of nitrogens with zero attached hydrogens (tertiary/aromatic N) is 1. The minimum atomic E-state index is -0.363. The molecule has 3 aromatic rings. The predicted molar refractivity (Wildman–Crippen MR) is 130 cm³/mol. The van der Waals surface area contributed by atoms with E-state index in [0.717, 1.165) is 21.0 Å². The van der Waals surface area contributed by atoms with Crippen LogP contribution in [-0.2, 0) is 6.61 Å². The molecule has 2 bridgehead atoms. The van der Waals surface area contributed by atoms with Crippen molar-refractivity contribution in [3.63, 3.8) is 0 Å². The van der Waals surface area contributed by atoms with E-state index < -0.39 is 0 Å². The molecule has 170 valence electrons. The van der Waals surface area contributed by atoms with Crippen molar-refractivity contribution < 1.29 is 9.66 Å². The number of ether oxygens (including phenoxy) is 1. The molecule has 9 heteroatoms. The average Bonchev–Trinajstić information content (AvgIpc) is 3.51. The van der Waals surface area contributed by atoms with Gasteiger partial charge in [0.25, 0.3) is 5.69 Å². The second kappa shape index (κ2) is 8.18. The molecule has 0 spiro atoms. The van der Waals surface area contributed by atoms with Crippen molar-refractivity contribution in [3.8, 4) is 5.75 Å². The monoisotopic (exact) mass is 500 g/mol. The zero-order chi connectivity index (χ0) is 22.7. The highest BCUT2D eigenvalue weighted by molar-refractivity contribution is 8.00. The lowest BCUT2D eigenvalue weighted by Gasteiger charge is -2.40. The van der Waals surface area contributed by atoms with Gasteiger partial charge in [-0.15, -0.1) is 11.8 Å². The van der Waals surface area contributed by atoms with Crippen molar-refractivity contribution in [3.05, 3.63) is 83.3 Å². The lowest BCUT2D eigenvalue weighted by molar-refractivity contribution is -0.385. The number of rotatable bonds is 5. The highest BCUT2D eigenvalue weighted by Gasteiger charge is 2.55. The van der Waals surface area contributed by atoms with Gasteiger partial charge in [-0.2, -0.15) is 0 Å². The SMILES string of the molecule is O=c1[nH]c2c(s1)[C@H](c1cc([N+](=O)[O-])ccc1OCc1ccccc1Cl)[C@@H]1[C@H]3CC[C@@H](C3)[C@H]1S2. The fourth-order valence-electron chi connectivity index (χ4n) is 5.99. The first-order valence-corrected chi connectivity index (χ1v) is 13.1. The summed E-state index contributed by atoms with van der Waals surface area (Å²) in [6, 6.07) is 12.3. The largest absolute Gasteiger partial charge is 0.489 e. The summed E-state index contributed by atoms with van der Waals surface area (Å²) in [7, 11) is 0. The number of nitrogens with one attached hydrogen (secondary N) is 1. The third-order valence-corrected chi connectivity index (χ3v) is 10.3. The summed E-state index contributed by atoms with van der Waals surface area (Å²) in [6.45, 7) is 0.266.